The van der Waals surface area contributed by atoms with Crippen molar-refractivity contribution in [2.24, 2.45) is 5.92 Å². The molecule has 0 saturated carbocycles. The molecule has 3 heteroatoms. The lowest BCUT2D eigenvalue weighted by atomic mass is 10.1. The summed E-state index contributed by atoms with van der Waals surface area (Å²) in [7, 11) is 0. The Morgan fingerprint density at radius 1 is 1.47 bits per heavy atom. The highest BCUT2D eigenvalue weighted by molar-refractivity contribution is 5.17. The largest absolute Gasteiger partial charge is 0.468 e. The van der Waals surface area contributed by atoms with Crippen LogP contribution in [-0.4, -0.2) is 24.0 Å². The molecule has 1 aromatic heterocycles. The molecule has 0 bridgehead atoms. The van der Waals surface area contributed by atoms with Crippen LogP contribution in [0.15, 0.2) is 16.7 Å². The number of furan rings is 1. The summed E-state index contributed by atoms with van der Waals surface area (Å²) in [6.45, 7) is 10.8. The van der Waals surface area contributed by atoms with E-state index in [1.807, 2.05) is 6.26 Å². The number of nitrogens with zero attached hydrogens (tertiary/aromatic N) is 1. The number of hydrogen-bond acceptors (Lipinski definition) is 3. The van der Waals surface area contributed by atoms with Gasteiger partial charge >= 0.3 is 0 Å². The van der Waals surface area contributed by atoms with Crippen molar-refractivity contribution in [3.8, 4) is 0 Å². The van der Waals surface area contributed by atoms with Crippen molar-refractivity contribution in [3.63, 3.8) is 0 Å². The fraction of sp³-hybridized carbons (Fsp3) is 0.714. The van der Waals surface area contributed by atoms with Gasteiger partial charge < -0.3 is 9.73 Å². The van der Waals surface area contributed by atoms with Gasteiger partial charge in [0.2, 0.25) is 0 Å². The van der Waals surface area contributed by atoms with Crippen LogP contribution in [0.25, 0.3) is 0 Å². The molecule has 0 spiro atoms. The Hall–Kier alpha value is -0.800. The number of hydrogen-bond donors (Lipinski definition) is 1. The summed E-state index contributed by atoms with van der Waals surface area (Å²) in [5.41, 5.74) is 1.30. The second-order valence-corrected chi connectivity index (χ2v) is 5.27. The van der Waals surface area contributed by atoms with Crippen LogP contribution in [0.1, 0.15) is 38.5 Å². The normalized spacial score (nSPS) is 25.6. The van der Waals surface area contributed by atoms with Crippen LogP contribution in [0.4, 0.5) is 0 Å². The molecular weight excluding hydrogens is 212 g/mol. The highest BCUT2D eigenvalue weighted by Gasteiger charge is 2.27. The van der Waals surface area contributed by atoms with Gasteiger partial charge in [0.05, 0.1) is 12.8 Å². The quantitative estimate of drug-likeness (QED) is 0.852. The van der Waals surface area contributed by atoms with E-state index in [2.05, 4.69) is 37.1 Å². The van der Waals surface area contributed by atoms with Crippen molar-refractivity contribution in [1.82, 2.24) is 10.2 Å². The van der Waals surface area contributed by atoms with E-state index in [0.717, 1.165) is 31.3 Å². The molecule has 2 rings (SSSR count). The molecule has 1 fully saturated rings. The topological polar surface area (TPSA) is 28.4 Å². The predicted molar refractivity (Wildman–Crippen MR) is 69.7 cm³/mol. The molecular formula is C14H24N2O. The summed E-state index contributed by atoms with van der Waals surface area (Å²) < 4.78 is 5.63. The lowest BCUT2D eigenvalue weighted by molar-refractivity contribution is 0.234. The third-order valence-electron chi connectivity index (χ3n) is 3.66. The average molecular weight is 236 g/mol. The van der Waals surface area contributed by atoms with E-state index in [-0.39, 0.29) is 0 Å². The van der Waals surface area contributed by atoms with Gasteiger partial charge in [0.1, 0.15) is 5.76 Å². The molecule has 1 aliphatic heterocycles. The smallest absolute Gasteiger partial charge is 0.122 e. The Labute approximate surface area is 104 Å². The van der Waals surface area contributed by atoms with Gasteiger partial charge in [0.15, 0.2) is 0 Å². The molecule has 0 amide bonds. The van der Waals surface area contributed by atoms with Crippen LogP contribution in [-0.2, 0) is 13.1 Å². The highest BCUT2D eigenvalue weighted by Crippen LogP contribution is 2.25. The summed E-state index contributed by atoms with van der Waals surface area (Å²) in [6.07, 6.45) is 3.12. The Kier molecular flexibility index (Phi) is 4.24. The van der Waals surface area contributed by atoms with Gasteiger partial charge in [-0.3, -0.25) is 4.90 Å². The minimum Gasteiger partial charge on any atom is -0.468 e. The van der Waals surface area contributed by atoms with E-state index < -0.39 is 0 Å². The van der Waals surface area contributed by atoms with Crippen LogP contribution in [0.3, 0.4) is 0 Å². The van der Waals surface area contributed by atoms with Gasteiger partial charge in [-0.15, -0.1) is 0 Å². The molecule has 1 aliphatic rings. The molecule has 2 heterocycles. The second kappa shape index (κ2) is 5.69. The Bertz CT molecular complexity index is 348. The van der Waals surface area contributed by atoms with E-state index >= 15 is 0 Å². The summed E-state index contributed by atoms with van der Waals surface area (Å²) in [4.78, 5) is 2.53. The van der Waals surface area contributed by atoms with E-state index in [0.29, 0.717) is 6.04 Å². The maximum Gasteiger partial charge on any atom is 0.122 e. The Morgan fingerprint density at radius 3 is 2.94 bits per heavy atom. The van der Waals surface area contributed by atoms with Gasteiger partial charge in [-0.2, -0.15) is 0 Å². The summed E-state index contributed by atoms with van der Waals surface area (Å²) in [5, 5.41) is 3.36. The molecule has 1 saturated heterocycles. The van der Waals surface area contributed by atoms with Crippen LogP contribution < -0.4 is 5.32 Å². The average Bonchev–Trinajstić information content (AvgIpc) is 2.84. The lowest BCUT2D eigenvalue weighted by Crippen LogP contribution is -2.27. The van der Waals surface area contributed by atoms with Crippen LogP contribution in [0.2, 0.25) is 0 Å². The predicted octanol–water partition coefficient (Wildman–Crippen LogP) is 2.62. The summed E-state index contributed by atoms with van der Waals surface area (Å²) in [5.74, 6) is 1.95. The first-order chi connectivity index (χ1) is 8.20. The molecule has 3 nitrogen and oxygen atoms in total. The van der Waals surface area contributed by atoms with E-state index in [1.54, 1.807) is 0 Å². The minimum atomic E-state index is 0.682. The fourth-order valence-corrected chi connectivity index (χ4v) is 2.71. The SMILES string of the molecule is CCNCc1ccoc1CN1CC(C)CC1C. The van der Waals surface area contributed by atoms with Gasteiger partial charge in [0.25, 0.3) is 0 Å². The number of nitrogens with one attached hydrogen (secondary N) is 1. The van der Waals surface area contributed by atoms with Gasteiger partial charge in [-0.05, 0) is 31.9 Å². The zero-order chi connectivity index (χ0) is 12.3. The maximum absolute atomic E-state index is 5.63. The van der Waals surface area contributed by atoms with Crippen molar-refractivity contribution in [2.75, 3.05) is 13.1 Å². The molecule has 2 unspecified atom stereocenters. The van der Waals surface area contributed by atoms with Crippen LogP contribution in [0, 0.1) is 5.92 Å². The van der Waals surface area contributed by atoms with Crippen molar-refractivity contribution in [3.05, 3.63) is 23.7 Å². The van der Waals surface area contributed by atoms with Gasteiger partial charge in [-0.1, -0.05) is 13.8 Å². The van der Waals surface area contributed by atoms with E-state index in [4.69, 9.17) is 4.42 Å². The van der Waals surface area contributed by atoms with Crippen LogP contribution in [0.5, 0.6) is 0 Å². The molecule has 96 valence electrons. The minimum absolute atomic E-state index is 0.682. The van der Waals surface area contributed by atoms with Crippen LogP contribution >= 0.6 is 0 Å². The zero-order valence-electron chi connectivity index (χ0n) is 11.2. The lowest BCUT2D eigenvalue weighted by Gasteiger charge is -2.20. The molecule has 1 aromatic rings. The molecule has 1 N–H and O–H groups in total. The number of rotatable bonds is 5. The third kappa shape index (κ3) is 3.11. The van der Waals surface area contributed by atoms with Crippen molar-refractivity contribution in [1.29, 1.82) is 0 Å². The molecule has 0 aliphatic carbocycles. The summed E-state index contributed by atoms with van der Waals surface area (Å²) in [6, 6.07) is 2.77. The third-order valence-corrected chi connectivity index (χ3v) is 3.66. The molecule has 0 aromatic carbocycles. The first kappa shape index (κ1) is 12.7. The first-order valence-corrected chi connectivity index (χ1v) is 6.70. The van der Waals surface area contributed by atoms with Crippen molar-refractivity contribution >= 4 is 0 Å². The molecule has 2 atom stereocenters. The zero-order valence-corrected chi connectivity index (χ0v) is 11.2. The molecule has 17 heavy (non-hydrogen) atoms. The first-order valence-electron chi connectivity index (χ1n) is 6.70. The maximum atomic E-state index is 5.63. The Balaban J connectivity index is 1.96. The summed E-state index contributed by atoms with van der Waals surface area (Å²) >= 11 is 0. The highest BCUT2D eigenvalue weighted by atomic mass is 16.3. The van der Waals surface area contributed by atoms with Gasteiger partial charge in [-0.25, -0.2) is 0 Å². The van der Waals surface area contributed by atoms with E-state index in [9.17, 15) is 0 Å². The Morgan fingerprint density at radius 2 is 2.29 bits per heavy atom. The standard InChI is InChI=1S/C14H24N2O/c1-4-15-8-13-5-6-17-14(13)10-16-9-11(2)7-12(16)3/h5-6,11-12,15H,4,7-10H2,1-3H3. The monoisotopic (exact) mass is 236 g/mol. The second-order valence-electron chi connectivity index (χ2n) is 5.27. The van der Waals surface area contributed by atoms with E-state index in [1.165, 1.54) is 18.5 Å². The molecule has 0 radical (unpaired) electrons. The van der Waals surface area contributed by atoms with Gasteiger partial charge in [0, 0.05) is 24.7 Å². The van der Waals surface area contributed by atoms with Crippen molar-refractivity contribution < 1.29 is 4.42 Å². The number of likely N-dealkylation sites (tertiary alicyclic amines) is 1. The van der Waals surface area contributed by atoms with Crippen molar-refractivity contribution in [2.45, 2.75) is 46.3 Å². The fourth-order valence-electron chi connectivity index (χ4n) is 2.71.